The number of amides is 1. The molecule has 1 amide bonds. The number of rotatable bonds is 13. The zero-order valence-electron chi connectivity index (χ0n) is 33.8. The van der Waals surface area contributed by atoms with Crippen LogP contribution >= 0.6 is 23.5 Å². The normalized spacial score (nSPS) is 16.3. The third-order valence-corrected chi connectivity index (χ3v) is 12.5. The van der Waals surface area contributed by atoms with Crippen LogP contribution in [0.2, 0.25) is 0 Å². The first-order valence-electron chi connectivity index (χ1n) is 19.7. The first-order chi connectivity index (χ1) is 28.7. The Bertz CT molecular complexity index is 2380. The molecule has 1 spiro atoms. The Morgan fingerprint density at radius 3 is 2.32 bits per heavy atom. The molecule has 1 atom stereocenters. The lowest BCUT2D eigenvalue weighted by Crippen LogP contribution is -2.34. The van der Waals surface area contributed by atoms with Crippen molar-refractivity contribution >= 4 is 51.4 Å². The number of carbonyl (C=O) groups is 2. The maximum absolute atomic E-state index is 14.1. The van der Waals surface area contributed by atoms with E-state index >= 15 is 0 Å². The van der Waals surface area contributed by atoms with E-state index in [9.17, 15) is 22.8 Å². The monoisotopic (exact) mass is 854 g/mol. The summed E-state index contributed by atoms with van der Waals surface area (Å²) in [5.74, 6) is 0.728. The molecule has 60 heavy (non-hydrogen) atoms. The third kappa shape index (κ3) is 10.5. The van der Waals surface area contributed by atoms with Gasteiger partial charge in [0.15, 0.2) is 22.2 Å². The van der Waals surface area contributed by atoms with Gasteiger partial charge in [-0.25, -0.2) is 19.5 Å². The molecule has 0 N–H and O–H groups in total. The molecule has 2 heterocycles. The number of esters is 1. The fourth-order valence-corrected chi connectivity index (χ4v) is 8.63. The second-order valence-electron chi connectivity index (χ2n) is 15.5. The zero-order chi connectivity index (χ0) is 42.6. The van der Waals surface area contributed by atoms with E-state index in [1.165, 1.54) is 58.8 Å². The molecule has 1 saturated carbocycles. The number of halogens is 3. The summed E-state index contributed by atoms with van der Waals surface area (Å²) in [5.41, 5.74) is 5.75. The predicted molar refractivity (Wildman–Crippen MR) is 232 cm³/mol. The van der Waals surface area contributed by atoms with Crippen LogP contribution in [-0.4, -0.2) is 59.9 Å². The van der Waals surface area contributed by atoms with E-state index in [4.69, 9.17) is 14.7 Å². The van der Waals surface area contributed by atoms with Crippen molar-refractivity contribution in [3.8, 4) is 22.8 Å². The van der Waals surface area contributed by atoms with E-state index in [1.54, 1.807) is 4.90 Å². The van der Waals surface area contributed by atoms with Crippen LogP contribution in [0.5, 0.6) is 5.75 Å². The molecular formula is C45H45F3N6O4S2. The van der Waals surface area contributed by atoms with Gasteiger partial charge in [-0.15, -0.1) is 18.3 Å². The minimum Gasteiger partial charge on any atom is -0.459 e. The van der Waals surface area contributed by atoms with Crippen LogP contribution < -0.4 is 9.64 Å². The number of ether oxygens (including phenoxy) is 2. The largest absolute Gasteiger partial charge is 0.573 e. The van der Waals surface area contributed by atoms with Gasteiger partial charge in [-0.2, -0.15) is 4.99 Å². The summed E-state index contributed by atoms with van der Waals surface area (Å²) in [4.78, 5) is 44.5. The summed E-state index contributed by atoms with van der Waals surface area (Å²) in [6, 6.07) is 27.4. The first kappa shape index (κ1) is 42.7. The Kier molecular flexibility index (Phi) is 12.9. The van der Waals surface area contributed by atoms with Crippen molar-refractivity contribution in [3.05, 3.63) is 126 Å². The summed E-state index contributed by atoms with van der Waals surface area (Å²) in [5, 5.41) is 5.47. The predicted octanol–water partition coefficient (Wildman–Crippen LogP) is 10.3. The smallest absolute Gasteiger partial charge is 0.459 e. The van der Waals surface area contributed by atoms with Crippen molar-refractivity contribution in [2.45, 2.75) is 83.6 Å². The van der Waals surface area contributed by atoms with Crippen molar-refractivity contribution in [3.63, 3.8) is 0 Å². The summed E-state index contributed by atoms with van der Waals surface area (Å²) in [7, 11) is 0. The highest BCUT2D eigenvalue weighted by molar-refractivity contribution is 8.17. The lowest BCUT2D eigenvalue weighted by molar-refractivity contribution is -0.274. The van der Waals surface area contributed by atoms with Crippen molar-refractivity contribution in [1.82, 2.24) is 14.8 Å². The molecule has 15 heteroatoms. The number of aromatic nitrogens is 3. The van der Waals surface area contributed by atoms with Crippen LogP contribution in [0.4, 0.5) is 18.9 Å². The van der Waals surface area contributed by atoms with Gasteiger partial charge in [-0.3, -0.25) is 9.69 Å². The maximum atomic E-state index is 14.1. The van der Waals surface area contributed by atoms with Gasteiger partial charge >= 0.3 is 12.3 Å². The molecule has 5 aromatic rings. The number of carbonyl (C=O) groups excluding carboxylic acids is 2. The van der Waals surface area contributed by atoms with Crippen molar-refractivity contribution < 1.29 is 32.2 Å². The van der Waals surface area contributed by atoms with Crippen LogP contribution in [0.3, 0.4) is 0 Å². The first-order valence-corrected chi connectivity index (χ1v) is 21.5. The topological polar surface area (TPSA) is 111 Å². The second kappa shape index (κ2) is 18.1. The number of anilines is 1. The lowest BCUT2D eigenvalue weighted by Gasteiger charge is -2.23. The number of aryl methyl sites for hydroxylation is 1. The number of aliphatic imine (C=N–C) groups is 2. The number of benzene rings is 4. The average molecular weight is 855 g/mol. The van der Waals surface area contributed by atoms with Gasteiger partial charge in [0, 0.05) is 17.7 Å². The van der Waals surface area contributed by atoms with Gasteiger partial charge < -0.3 is 9.47 Å². The molecule has 7 rings (SSSR count). The Morgan fingerprint density at radius 2 is 1.67 bits per heavy atom. The van der Waals surface area contributed by atoms with Gasteiger partial charge in [0.1, 0.15) is 23.4 Å². The van der Waals surface area contributed by atoms with E-state index in [-0.39, 0.29) is 30.6 Å². The molecule has 0 bridgehead atoms. The van der Waals surface area contributed by atoms with Crippen LogP contribution in [0.1, 0.15) is 68.7 Å². The van der Waals surface area contributed by atoms with E-state index < -0.39 is 23.1 Å². The quantitative estimate of drug-likeness (QED) is 0.0654. The number of alkyl halides is 3. The minimum absolute atomic E-state index is 0.0265. The molecule has 1 saturated heterocycles. The maximum Gasteiger partial charge on any atom is 0.573 e. The SMILES string of the molecule is Cc1ccc(C(C)C)c(N2C(=O)C3(CC3)SC2=NC(=NC(Cc2ccc(-c3ncn(-c4ccc(OC(F)(F)F)cc4)n3)cc2)C(=O)OCc2ccccc2)SCC(C)C)c1. The molecule has 2 aliphatic rings. The summed E-state index contributed by atoms with van der Waals surface area (Å²) >= 11 is 2.93. The highest BCUT2D eigenvalue weighted by Crippen LogP contribution is 2.56. The van der Waals surface area contributed by atoms with Crippen molar-refractivity contribution in [2.24, 2.45) is 15.9 Å². The minimum atomic E-state index is -4.79. The molecule has 0 radical (unpaired) electrons. The molecule has 10 nitrogen and oxygen atoms in total. The summed E-state index contributed by atoms with van der Waals surface area (Å²) in [6.07, 6.45) is -1.57. The van der Waals surface area contributed by atoms with Crippen LogP contribution in [-0.2, 0) is 27.4 Å². The Balaban J connectivity index is 1.19. The highest BCUT2D eigenvalue weighted by atomic mass is 32.2. The second-order valence-corrected chi connectivity index (χ2v) is 17.9. The summed E-state index contributed by atoms with van der Waals surface area (Å²) in [6.45, 7) is 10.5. The van der Waals surface area contributed by atoms with E-state index in [1.807, 2.05) is 67.6 Å². The van der Waals surface area contributed by atoms with Gasteiger partial charge in [-0.1, -0.05) is 118 Å². The molecule has 312 valence electrons. The molecular weight excluding hydrogens is 810 g/mol. The number of nitrogens with zero attached hydrogens (tertiary/aromatic N) is 6. The Hall–Kier alpha value is -5.41. The third-order valence-electron chi connectivity index (χ3n) is 9.79. The zero-order valence-corrected chi connectivity index (χ0v) is 35.5. The summed E-state index contributed by atoms with van der Waals surface area (Å²) < 4.78 is 48.6. The van der Waals surface area contributed by atoms with Crippen LogP contribution in [0.15, 0.2) is 113 Å². The molecule has 1 aliphatic carbocycles. The van der Waals surface area contributed by atoms with Crippen molar-refractivity contribution in [1.29, 1.82) is 0 Å². The van der Waals surface area contributed by atoms with Crippen LogP contribution in [0, 0.1) is 12.8 Å². The van der Waals surface area contributed by atoms with Crippen molar-refractivity contribution in [2.75, 3.05) is 10.7 Å². The fourth-order valence-electron chi connectivity index (χ4n) is 6.50. The standard InChI is InChI=1S/C45H45F3N6O4S2/c1-28(2)26-59-42(51-43-54(41(56)44(60-43)21-22-44)38-23-30(5)11-20-36(38)29(3)4)50-37(40(55)57-25-32-9-7-6-8-10-32)24-31-12-14-33(15-13-31)39-49-27-53(52-39)34-16-18-35(19-17-34)58-45(46,47)48/h6-20,23,27-29,37H,21-22,24-26H2,1-5H3. The number of hydrogen-bond donors (Lipinski definition) is 0. The Labute approximate surface area is 355 Å². The highest BCUT2D eigenvalue weighted by Gasteiger charge is 2.60. The molecule has 1 unspecified atom stereocenters. The van der Waals surface area contributed by atoms with Gasteiger partial charge in [0.05, 0.1) is 11.4 Å². The van der Waals surface area contributed by atoms with E-state index in [0.29, 0.717) is 39.1 Å². The fraction of sp³-hybridized carbons (Fsp3) is 0.333. The van der Waals surface area contributed by atoms with Gasteiger partial charge in [0.25, 0.3) is 0 Å². The van der Waals surface area contributed by atoms with E-state index in [2.05, 4.69) is 54.6 Å². The van der Waals surface area contributed by atoms with Gasteiger partial charge in [-0.05, 0) is 84.2 Å². The number of amidine groups is 2. The average Bonchev–Trinajstić information content (AvgIpc) is 3.73. The van der Waals surface area contributed by atoms with Crippen LogP contribution in [0.25, 0.3) is 17.1 Å². The van der Waals surface area contributed by atoms with Gasteiger partial charge in [0.2, 0.25) is 5.91 Å². The lowest BCUT2D eigenvalue weighted by atomic mass is 9.98. The molecule has 4 aromatic carbocycles. The molecule has 1 aromatic heterocycles. The molecule has 1 aliphatic heterocycles. The number of thioether (sulfide) groups is 2. The Morgan fingerprint density at radius 1 is 0.950 bits per heavy atom. The molecule has 2 fully saturated rings. The number of hydrogen-bond acceptors (Lipinski definition) is 9. The van der Waals surface area contributed by atoms with E-state index in [0.717, 1.165) is 40.8 Å².